The van der Waals surface area contributed by atoms with Gasteiger partial charge >= 0.3 is 0 Å². The van der Waals surface area contributed by atoms with Crippen molar-refractivity contribution >= 4 is 27.5 Å². The number of carbonyl (C=O) groups is 1. The number of hydrogen-bond acceptors (Lipinski definition) is 6. The van der Waals surface area contributed by atoms with Gasteiger partial charge in [0.25, 0.3) is 5.91 Å². The van der Waals surface area contributed by atoms with E-state index in [4.69, 9.17) is 0 Å². The molecule has 25 heavy (non-hydrogen) atoms. The second-order valence-corrected chi connectivity index (χ2v) is 7.20. The number of fused-ring (bicyclic) bond motifs is 1. The van der Waals surface area contributed by atoms with Gasteiger partial charge in [-0.15, -0.1) is 21.5 Å². The van der Waals surface area contributed by atoms with Crippen molar-refractivity contribution in [1.82, 2.24) is 24.6 Å². The van der Waals surface area contributed by atoms with Crippen molar-refractivity contribution in [2.75, 3.05) is 13.1 Å². The van der Waals surface area contributed by atoms with E-state index in [0.717, 1.165) is 35.4 Å². The standard InChI is InChI=1S/C17H19N5O2S/c1-21-15(9-23)19-20-16(21)12-3-2-6-22(8-12)17(24)11-4-5-13-14(7-11)25-10-18-13/h4-5,7,10,12,23H,2-3,6,8-9H2,1H3/t12-/m1/s1. The van der Waals surface area contributed by atoms with E-state index in [0.29, 0.717) is 17.9 Å². The summed E-state index contributed by atoms with van der Waals surface area (Å²) in [6.07, 6.45) is 1.90. The molecule has 0 aliphatic carbocycles. The minimum Gasteiger partial charge on any atom is -0.388 e. The van der Waals surface area contributed by atoms with Crippen LogP contribution in [0, 0.1) is 0 Å². The van der Waals surface area contributed by atoms with E-state index in [1.165, 1.54) is 0 Å². The van der Waals surface area contributed by atoms with E-state index in [9.17, 15) is 9.90 Å². The van der Waals surface area contributed by atoms with Crippen molar-refractivity contribution in [3.63, 3.8) is 0 Å². The molecule has 1 aliphatic heterocycles. The van der Waals surface area contributed by atoms with Crippen molar-refractivity contribution in [2.24, 2.45) is 7.05 Å². The lowest BCUT2D eigenvalue weighted by Gasteiger charge is -2.32. The van der Waals surface area contributed by atoms with Crippen LogP contribution in [0.15, 0.2) is 23.7 Å². The number of aliphatic hydroxyl groups is 1. The fourth-order valence-corrected chi connectivity index (χ4v) is 4.13. The zero-order valence-corrected chi connectivity index (χ0v) is 14.7. The molecule has 0 saturated carbocycles. The van der Waals surface area contributed by atoms with E-state index >= 15 is 0 Å². The number of amides is 1. The summed E-state index contributed by atoms with van der Waals surface area (Å²) in [7, 11) is 1.86. The predicted molar refractivity (Wildman–Crippen MR) is 94.4 cm³/mol. The molecule has 7 nitrogen and oxygen atoms in total. The molecule has 1 amide bonds. The fourth-order valence-electron chi connectivity index (χ4n) is 3.41. The zero-order valence-electron chi connectivity index (χ0n) is 13.9. The lowest BCUT2D eigenvalue weighted by molar-refractivity contribution is 0.0703. The number of hydrogen-bond donors (Lipinski definition) is 1. The van der Waals surface area contributed by atoms with Crippen molar-refractivity contribution in [3.8, 4) is 0 Å². The number of aliphatic hydroxyl groups excluding tert-OH is 1. The Labute approximate surface area is 148 Å². The maximum absolute atomic E-state index is 12.9. The van der Waals surface area contributed by atoms with E-state index in [1.807, 2.05) is 34.7 Å². The van der Waals surface area contributed by atoms with E-state index in [-0.39, 0.29) is 18.4 Å². The molecule has 4 rings (SSSR count). The van der Waals surface area contributed by atoms with Crippen molar-refractivity contribution < 1.29 is 9.90 Å². The summed E-state index contributed by atoms with van der Waals surface area (Å²) in [6.45, 7) is 1.24. The lowest BCUT2D eigenvalue weighted by atomic mass is 9.96. The highest BCUT2D eigenvalue weighted by Gasteiger charge is 2.29. The van der Waals surface area contributed by atoms with Gasteiger partial charge in [0, 0.05) is 31.6 Å². The van der Waals surface area contributed by atoms with Crippen molar-refractivity contribution in [3.05, 3.63) is 40.9 Å². The molecule has 1 saturated heterocycles. The van der Waals surface area contributed by atoms with Gasteiger partial charge < -0.3 is 14.6 Å². The molecule has 3 aromatic rings. The Hall–Kier alpha value is -2.32. The van der Waals surface area contributed by atoms with Crippen LogP contribution in [0.25, 0.3) is 10.2 Å². The highest BCUT2D eigenvalue weighted by Crippen LogP contribution is 2.27. The van der Waals surface area contributed by atoms with Crippen LogP contribution < -0.4 is 0 Å². The largest absolute Gasteiger partial charge is 0.388 e. The lowest BCUT2D eigenvalue weighted by Crippen LogP contribution is -2.39. The first-order valence-electron chi connectivity index (χ1n) is 8.29. The number of likely N-dealkylation sites (tertiary alicyclic amines) is 1. The van der Waals surface area contributed by atoms with Gasteiger partial charge in [-0.05, 0) is 31.0 Å². The SMILES string of the molecule is Cn1c(CO)nnc1[C@@H]1CCCN(C(=O)c2ccc3ncsc3c2)C1. The Morgan fingerprint density at radius 3 is 3.08 bits per heavy atom. The molecule has 1 aliphatic rings. The highest BCUT2D eigenvalue weighted by atomic mass is 32.1. The van der Waals surface area contributed by atoms with Gasteiger partial charge in [-0.1, -0.05) is 0 Å². The third kappa shape index (κ3) is 2.91. The second-order valence-electron chi connectivity index (χ2n) is 6.32. The first kappa shape index (κ1) is 16.2. The van der Waals surface area contributed by atoms with Gasteiger partial charge in [0.2, 0.25) is 0 Å². The highest BCUT2D eigenvalue weighted by molar-refractivity contribution is 7.16. The Kier molecular flexibility index (Phi) is 4.22. The topological polar surface area (TPSA) is 84.1 Å². The summed E-state index contributed by atoms with van der Waals surface area (Å²) >= 11 is 1.54. The normalized spacial score (nSPS) is 18.0. The van der Waals surface area contributed by atoms with Gasteiger partial charge in [-0.2, -0.15) is 0 Å². The zero-order chi connectivity index (χ0) is 17.4. The summed E-state index contributed by atoms with van der Waals surface area (Å²) in [6, 6.07) is 5.67. The number of aromatic nitrogens is 4. The number of nitrogens with zero attached hydrogens (tertiary/aromatic N) is 5. The van der Waals surface area contributed by atoms with Crippen LogP contribution in [0.2, 0.25) is 0 Å². The maximum Gasteiger partial charge on any atom is 0.253 e. The van der Waals surface area contributed by atoms with E-state index in [2.05, 4.69) is 15.2 Å². The van der Waals surface area contributed by atoms with Crippen LogP contribution in [-0.2, 0) is 13.7 Å². The van der Waals surface area contributed by atoms with Crippen LogP contribution >= 0.6 is 11.3 Å². The van der Waals surface area contributed by atoms with Crippen LogP contribution in [0.1, 0.15) is 40.8 Å². The van der Waals surface area contributed by atoms with Crippen LogP contribution in [0.5, 0.6) is 0 Å². The Morgan fingerprint density at radius 2 is 2.28 bits per heavy atom. The Morgan fingerprint density at radius 1 is 1.40 bits per heavy atom. The van der Waals surface area contributed by atoms with Crippen LogP contribution in [0.3, 0.4) is 0 Å². The predicted octanol–water partition coefficient (Wildman–Crippen LogP) is 1.94. The summed E-state index contributed by atoms with van der Waals surface area (Å²) in [4.78, 5) is 19.1. The summed E-state index contributed by atoms with van der Waals surface area (Å²) in [5.41, 5.74) is 3.42. The smallest absolute Gasteiger partial charge is 0.253 e. The molecular weight excluding hydrogens is 338 g/mol. The molecule has 0 unspecified atom stereocenters. The van der Waals surface area contributed by atoms with Gasteiger partial charge in [0.15, 0.2) is 5.82 Å². The molecule has 3 heterocycles. The number of thiazole rings is 1. The van der Waals surface area contributed by atoms with Crippen LogP contribution in [-0.4, -0.2) is 48.8 Å². The molecule has 1 N–H and O–H groups in total. The van der Waals surface area contributed by atoms with Gasteiger partial charge in [0.1, 0.15) is 12.4 Å². The molecule has 0 radical (unpaired) electrons. The Bertz CT molecular complexity index is 919. The van der Waals surface area contributed by atoms with Gasteiger partial charge in [-0.3, -0.25) is 4.79 Å². The molecule has 1 aromatic carbocycles. The maximum atomic E-state index is 12.9. The number of carbonyl (C=O) groups excluding carboxylic acids is 1. The third-order valence-electron chi connectivity index (χ3n) is 4.79. The number of rotatable bonds is 3. The van der Waals surface area contributed by atoms with E-state index in [1.54, 1.807) is 16.8 Å². The fraction of sp³-hybridized carbons (Fsp3) is 0.412. The second kappa shape index (κ2) is 6.53. The average molecular weight is 357 g/mol. The molecule has 8 heteroatoms. The third-order valence-corrected chi connectivity index (χ3v) is 5.58. The Balaban J connectivity index is 1.55. The van der Waals surface area contributed by atoms with Crippen molar-refractivity contribution in [1.29, 1.82) is 0 Å². The minimum atomic E-state index is -0.131. The summed E-state index contributed by atoms with van der Waals surface area (Å²) in [5.74, 6) is 1.57. The molecule has 1 atom stereocenters. The summed E-state index contributed by atoms with van der Waals surface area (Å²) < 4.78 is 2.86. The summed E-state index contributed by atoms with van der Waals surface area (Å²) in [5, 5.41) is 17.5. The quantitative estimate of drug-likeness (QED) is 0.774. The number of piperidine rings is 1. The van der Waals surface area contributed by atoms with Crippen LogP contribution in [0.4, 0.5) is 0 Å². The molecule has 130 valence electrons. The molecule has 0 bridgehead atoms. The molecule has 0 spiro atoms. The van der Waals surface area contributed by atoms with E-state index < -0.39 is 0 Å². The first-order valence-corrected chi connectivity index (χ1v) is 9.17. The molecule has 1 fully saturated rings. The molecular formula is C17H19N5O2S. The number of benzene rings is 1. The molecule has 2 aromatic heterocycles. The van der Waals surface area contributed by atoms with Gasteiger partial charge in [0.05, 0.1) is 15.7 Å². The van der Waals surface area contributed by atoms with Crippen molar-refractivity contribution in [2.45, 2.75) is 25.4 Å². The monoisotopic (exact) mass is 357 g/mol. The average Bonchev–Trinajstić information content (AvgIpc) is 3.26. The first-order chi connectivity index (χ1) is 12.2. The van der Waals surface area contributed by atoms with Gasteiger partial charge in [-0.25, -0.2) is 4.98 Å². The minimum absolute atomic E-state index is 0.0459.